The van der Waals surface area contributed by atoms with Gasteiger partial charge in [-0.1, -0.05) is 31.0 Å². The molecule has 1 aromatic heterocycles. The molecule has 1 amide bonds. The van der Waals surface area contributed by atoms with Crippen molar-refractivity contribution in [2.45, 2.75) is 55.7 Å². The van der Waals surface area contributed by atoms with Crippen LogP contribution in [0.4, 0.5) is 5.82 Å². The van der Waals surface area contributed by atoms with Gasteiger partial charge in [0.05, 0.1) is 18.1 Å². The highest BCUT2D eigenvalue weighted by Crippen LogP contribution is 2.42. The molecule has 2 aromatic rings. The highest BCUT2D eigenvalue weighted by molar-refractivity contribution is 7.93. The molecule has 2 heterocycles. The first-order valence-corrected chi connectivity index (χ1v) is 12.7. The summed E-state index contributed by atoms with van der Waals surface area (Å²) >= 11 is 0. The molecule has 0 bridgehead atoms. The van der Waals surface area contributed by atoms with Gasteiger partial charge in [-0.3, -0.25) is 4.79 Å². The normalized spacial score (nSPS) is 18.5. The lowest BCUT2D eigenvalue weighted by atomic mass is 10.1. The summed E-state index contributed by atoms with van der Waals surface area (Å²) in [6.07, 6.45) is 3.88. The summed E-state index contributed by atoms with van der Waals surface area (Å²) in [7, 11) is -3.84. The lowest BCUT2D eigenvalue weighted by Gasteiger charge is -2.30. The molecule has 1 aromatic carbocycles. The van der Waals surface area contributed by atoms with Gasteiger partial charge in [-0.15, -0.1) is 0 Å². The number of benzene rings is 1. The van der Waals surface area contributed by atoms with Gasteiger partial charge < -0.3 is 15.0 Å². The summed E-state index contributed by atoms with van der Waals surface area (Å²) in [6, 6.07) is 9.16. The van der Waals surface area contributed by atoms with Crippen LogP contribution < -0.4 is 10.2 Å². The largest absolute Gasteiger partial charge is 0.378 e. The Balaban J connectivity index is 1.60. The number of pyridine rings is 1. The van der Waals surface area contributed by atoms with Crippen LogP contribution in [0.25, 0.3) is 0 Å². The van der Waals surface area contributed by atoms with Crippen LogP contribution in [0, 0.1) is 13.8 Å². The number of nitrogens with zero attached hydrogens (tertiary/aromatic N) is 2. The molecule has 0 spiro atoms. The predicted octanol–water partition coefficient (Wildman–Crippen LogP) is 2.94. The Kier molecular flexibility index (Phi) is 6.53. The third-order valence-corrected chi connectivity index (χ3v) is 9.23. The number of aromatic nitrogens is 1. The number of rotatable bonds is 6. The Hall–Kier alpha value is -2.45. The van der Waals surface area contributed by atoms with Gasteiger partial charge in [-0.2, -0.15) is 0 Å². The van der Waals surface area contributed by atoms with E-state index in [9.17, 15) is 13.2 Å². The Labute approximate surface area is 190 Å². The van der Waals surface area contributed by atoms with Crippen molar-refractivity contribution in [1.82, 2.24) is 10.3 Å². The van der Waals surface area contributed by atoms with Crippen LogP contribution in [-0.2, 0) is 25.9 Å². The first kappa shape index (κ1) is 22.7. The van der Waals surface area contributed by atoms with Crippen LogP contribution in [0.1, 0.15) is 42.4 Å². The molecule has 0 unspecified atom stereocenters. The van der Waals surface area contributed by atoms with Crippen LogP contribution >= 0.6 is 0 Å². The third kappa shape index (κ3) is 4.13. The number of aryl methyl sites for hydroxylation is 2. The average Bonchev–Trinajstić information content (AvgIpc) is 3.32. The number of hydrogen-bond acceptors (Lipinski definition) is 6. The zero-order valence-electron chi connectivity index (χ0n) is 18.8. The minimum atomic E-state index is -3.84. The first-order chi connectivity index (χ1) is 15.3. The van der Waals surface area contributed by atoms with Crippen molar-refractivity contribution < 1.29 is 17.9 Å². The Bertz CT molecular complexity index is 1090. The molecule has 172 valence electrons. The summed E-state index contributed by atoms with van der Waals surface area (Å²) in [5, 5.41) is 2.96. The molecule has 4 rings (SSSR count). The predicted molar refractivity (Wildman–Crippen MR) is 123 cm³/mol. The zero-order valence-corrected chi connectivity index (χ0v) is 19.6. The lowest BCUT2D eigenvalue weighted by molar-refractivity contribution is -0.123. The maximum absolute atomic E-state index is 13.8. The van der Waals surface area contributed by atoms with Crippen LogP contribution in [0.2, 0.25) is 0 Å². The molecular formula is C24H31N3O4S. The molecule has 0 radical (unpaired) electrons. The highest BCUT2D eigenvalue weighted by Gasteiger charge is 2.53. The van der Waals surface area contributed by atoms with Crippen molar-refractivity contribution in [3.05, 3.63) is 53.2 Å². The number of carbonyl (C=O) groups is 1. The van der Waals surface area contributed by atoms with Gasteiger partial charge in [0.25, 0.3) is 0 Å². The van der Waals surface area contributed by atoms with Gasteiger partial charge in [0.15, 0.2) is 14.6 Å². The van der Waals surface area contributed by atoms with Crippen LogP contribution in [-0.4, -0.2) is 50.4 Å². The minimum Gasteiger partial charge on any atom is -0.378 e. The molecule has 8 heteroatoms. The first-order valence-electron chi connectivity index (χ1n) is 11.2. The second kappa shape index (κ2) is 9.19. The van der Waals surface area contributed by atoms with E-state index in [4.69, 9.17) is 4.74 Å². The molecule has 7 nitrogen and oxygen atoms in total. The number of amides is 1. The van der Waals surface area contributed by atoms with Crippen LogP contribution in [0.5, 0.6) is 0 Å². The van der Waals surface area contributed by atoms with E-state index in [0.717, 1.165) is 42.9 Å². The molecule has 1 aliphatic carbocycles. The maximum Gasteiger partial charge on any atom is 0.242 e. The van der Waals surface area contributed by atoms with E-state index in [0.29, 0.717) is 31.6 Å². The summed E-state index contributed by atoms with van der Waals surface area (Å²) in [6.45, 7) is 6.65. The monoisotopic (exact) mass is 457 g/mol. The smallest absolute Gasteiger partial charge is 0.242 e. The maximum atomic E-state index is 13.8. The number of anilines is 1. The van der Waals surface area contributed by atoms with Gasteiger partial charge in [0.2, 0.25) is 5.91 Å². The molecule has 1 N–H and O–H groups in total. The molecular weight excluding hydrogens is 426 g/mol. The minimum absolute atomic E-state index is 0.240. The fraction of sp³-hybridized carbons (Fsp3) is 0.500. The number of carbonyl (C=O) groups excluding carboxylic acids is 1. The topological polar surface area (TPSA) is 88.6 Å². The number of hydrogen-bond donors (Lipinski definition) is 1. The van der Waals surface area contributed by atoms with E-state index >= 15 is 0 Å². The third-order valence-electron chi connectivity index (χ3n) is 6.59. The van der Waals surface area contributed by atoms with Crippen molar-refractivity contribution in [1.29, 1.82) is 0 Å². The van der Waals surface area contributed by atoms with E-state index in [1.807, 2.05) is 31.2 Å². The second-order valence-electron chi connectivity index (χ2n) is 8.74. The average molecular weight is 458 g/mol. The van der Waals surface area contributed by atoms with Gasteiger partial charge in [0, 0.05) is 31.4 Å². The van der Waals surface area contributed by atoms with Crippen molar-refractivity contribution in [3.63, 3.8) is 0 Å². The second-order valence-corrected chi connectivity index (χ2v) is 11.0. The molecule has 1 saturated carbocycles. The molecule has 2 aliphatic rings. The summed E-state index contributed by atoms with van der Waals surface area (Å²) < 4.78 is 31.6. The summed E-state index contributed by atoms with van der Waals surface area (Å²) in [4.78, 5) is 20.4. The lowest BCUT2D eigenvalue weighted by Crippen LogP contribution is -2.50. The van der Waals surface area contributed by atoms with Crippen molar-refractivity contribution in [2.24, 2.45) is 0 Å². The zero-order chi connectivity index (χ0) is 22.8. The van der Waals surface area contributed by atoms with E-state index < -0.39 is 20.5 Å². The van der Waals surface area contributed by atoms with E-state index in [1.54, 1.807) is 19.2 Å². The quantitative estimate of drug-likeness (QED) is 0.718. The van der Waals surface area contributed by atoms with E-state index in [-0.39, 0.29) is 11.4 Å². The van der Waals surface area contributed by atoms with Crippen molar-refractivity contribution in [2.75, 3.05) is 31.2 Å². The molecule has 2 fully saturated rings. The van der Waals surface area contributed by atoms with Gasteiger partial charge in [-0.25, -0.2) is 13.4 Å². The fourth-order valence-electron chi connectivity index (χ4n) is 4.74. The van der Waals surface area contributed by atoms with Gasteiger partial charge in [-0.05, 0) is 49.9 Å². The van der Waals surface area contributed by atoms with Crippen LogP contribution in [0.3, 0.4) is 0 Å². The van der Waals surface area contributed by atoms with Gasteiger partial charge in [0.1, 0.15) is 5.82 Å². The number of morpholine rings is 1. The fourth-order valence-corrected chi connectivity index (χ4v) is 7.13. The Morgan fingerprint density at radius 2 is 1.88 bits per heavy atom. The van der Waals surface area contributed by atoms with Crippen molar-refractivity contribution in [3.8, 4) is 0 Å². The van der Waals surface area contributed by atoms with E-state index in [1.165, 1.54) is 0 Å². The number of nitrogens with one attached hydrogen (secondary N) is 1. The van der Waals surface area contributed by atoms with E-state index in [2.05, 4.69) is 15.2 Å². The van der Waals surface area contributed by atoms with Crippen molar-refractivity contribution >= 4 is 21.6 Å². The summed E-state index contributed by atoms with van der Waals surface area (Å²) in [5.74, 6) is 0.404. The molecule has 1 aliphatic heterocycles. The Morgan fingerprint density at radius 3 is 2.59 bits per heavy atom. The summed E-state index contributed by atoms with van der Waals surface area (Å²) in [5.41, 5.74) is 2.42. The Morgan fingerprint density at radius 1 is 1.16 bits per heavy atom. The molecule has 1 saturated heterocycles. The standard InChI is InChI=1S/C24H31N3O4S/c1-18-7-8-19(2)21(16-18)32(29,30)24(9-3-4-10-24)23(28)26-17-20-6-5-11-25-22(20)27-12-14-31-15-13-27/h5-8,11,16H,3-4,9-10,12-15,17H2,1-2H3,(H,26,28). The van der Waals surface area contributed by atoms with Crippen LogP contribution in [0.15, 0.2) is 41.4 Å². The SMILES string of the molecule is Cc1ccc(C)c(S(=O)(=O)C2(C(=O)NCc3cccnc3N3CCOCC3)CCCC2)c1. The highest BCUT2D eigenvalue weighted by atomic mass is 32.2. The van der Waals surface area contributed by atoms with Gasteiger partial charge >= 0.3 is 0 Å². The number of ether oxygens (including phenoxy) is 1. The molecule has 32 heavy (non-hydrogen) atoms. The molecule has 0 atom stereocenters. The number of sulfone groups is 1.